The summed E-state index contributed by atoms with van der Waals surface area (Å²) < 4.78 is 33.5. The minimum atomic E-state index is -3.49. The molecular formula is C15H18ClNO6S. The van der Waals surface area contributed by atoms with E-state index in [-0.39, 0.29) is 21.4 Å². The van der Waals surface area contributed by atoms with Crippen LogP contribution in [0.4, 0.5) is 0 Å². The number of sulfone groups is 1. The highest BCUT2D eigenvalue weighted by atomic mass is 35.5. The van der Waals surface area contributed by atoms with E-state index in [1.54, 1.807) is 4.90 Å². The molecule has 24 heavy (non-hydrogen) atoms. The third-order valence-electron chi connectivity index (χ3n) is 3.54. The second-order valence-corrected chi connectivity index (χ2v) is 7.82. The fourth-order valence-electron chi connectivity index (χ4n) is 2.21. The van der Waals surface area contributed by atoms with E-state index in [1.165, 1.54) is 19.1 Å². The molecule has 9 heteroatoms. The molecule has 132 valence electrons. The van der Waals surface area contributed by atoms with E-state index < -0.39 is 21.9 Å². The quantitative estimate of drug-likeness (QED) is 0.733. The second kappa shape index (κ2) is 7.50. The van der Waals surface area contributed by atoms with Crippen LogP contribution in [0.1, 0.15) is 17.3 Å². The van der Waals surface area contributed by atoms with E-state index in [2.05, 4.69) is 0 Å². The number of halogens is 1. The van der Waals surface area contributed by atoms with Gasteiger partial charge < -0.3 is 14.4 Å². The average Bonchev–Trinajstić information content (AvgIpc) is 2.54. The standard InChI is InChI=1S/C15H18ClNO6S/c1-10(14(18)17-5-7-22-8-6-17)23-15(19)12-9-11(24(2,20)21)3-4-13(12)16/h3-4,9-10H,5-8H2,1-2H3. The molecule has 0 aromatic heterocycles. The van der Waals surface area contributed by atoms with E-state index in [0.717, 1.165) is 12.3 Å². The van der Waals surface area contributed by atoms with Gasteiger partial charge in [-0.2, -0.15) is 0 Å². The van der Waals surface area contributed by atoms with Crippen molar-refractivity contribution in [3.05, 3.63) is 28.8 Å². The van der Waals surface area contributed by atoms with Crippen LogP contribution in [0.2, 0.25) is 5.02 Å². The summed E-state index contributed by atoms with van der Waals surface area (Å²) in [5, 5.41) is 0.0541. The number of esters is 1. The maximum atomic E-state index is 12.2. The summed E-state index contributed by atoms with van der Waals surface area (Å²) in [5.41, 5.74) is -0.0961. The molecule has 0 N–H and O–H groups in total. The van der Waals surface area contributed by atoms with E-state index in [4.69, 9.17) is 21.1 Å². The molecule has 1 amide bonds. The zero-order valence-corrected chi connectivity index (χ0v) is 14.9. The van der Waals surface area contributed by atoms with Gasteiger partial charge in [-0.1, -0.05) is 11.6 Å². The predicted molar refractivity (Wildman–Crippen MR) is 86.8 cm³/mol. The van der Waals surface area contributed by atoms with E-state index in [0.29, 0.717) is 26.3 Å². The van der Waals surface area contributed by atoms with Crippen molar-refractivity contribution in [1.82, 2.24) is 4.90 Å². The number of hydrogen-bond acceptors (Lipinski definition) is 6. The molecule has 1 unspecified atom stereocenters. The Kier molecular flexibility index (Phi) is 5.84. The lowest BCUT2D eigenvalue weighted by Crippen LogP contribution is -2.46. The van der Waals surface area contributed by atoms with Crippen LogP contribution in [0.25, 0.3) is 0 Å². The van der Waals surface area contributed by atoms with Gasteiger partial charge in [-0.25, -0.2) is 13.2 Å². The molecule has 0 aliphatic carbocycles. The van der Waals surface area contributed by atoms with Gasteiger partial charge in [0.2, 0.25) is 0 Å². The van der Waals surface area contributed by atoms with Crippen molar-refractivity contribution in [2.45, 2.75) is 17.9 Å². The summed E-state index contributed by atoms with van der Waals surface area (Å²) in [6.07, 6.45) is 0.0178. The van der Waals surface area contributed by atoms with Gasteiger partial charge in [0, 0.05) is 19.3 Å². The first-order valence-electron chi connectivity index (χ1n) is 7.27. The Morgan fingerprint density at radius 2 is 1.92 bits per heavy atom. The molecule has 0 bridgehead atoms. The molecule has 1 aromatic carbocycles. The molecule has 1 fully saturated rings. The molecule has 1 aliphatic rings. The molecule has 1 aliphatic heterocycles. The normalized spacial score (nSPS) is 16.5. The van der Waals surface area contributed by atoms with Gasteiger partial charge >= 0.3 is 5.97 Å². The molecule has 2 rings (SSSR count). The van der Waals surface area contributed by atoms with Gasteiger partial charge in [-0.05, 0) is 25.1 Å². The summed E-state index contributed by atoms with van der Waals surface area (Å²) in [7, 11) is -3.49. The number of nitrogens with zero attached hydrogens (tertiary/aromatic N) is 1. The number of hydrogen-bond donors (Lipinski definition) is 0. The van der Waals surface area contributed by atoms with Crippen molar-refractivity contribution < 1.29 is 27.5 Å². The molecule has 0 saturated carbocycles. The Balaban J connectivity index is 2.12. The van der Waals surface area contributed by atoms with Crippen molar-refractivity contribution in [3.63, 3.8) is 0 Å². The van der Waals surface area contributed by atoms with Crippen molar-refractivity contribution in [2.75, 3.05) is 32.6 Å². The fourth-order valence-corrected chi connectivity index (χ4v) is 3.05. The lowest BCUT2D eigenvalue weighted by atomic mass is 10.2. The minimum absolute atomic E-state index is 0.0500. The summed E-state index contributed by atoms with van der Waals surface area (Å²) in [5.74, 6) is -1.18. The molecule has 0 radical (unpaired) electrons. The topological polar surface area (TPSA) is 90.0 Å². The molecule has 1 aromatic rings. The van der Waals surface area contributed by atoms with Crippen LogP contribution >= 0.6 is 11.6 Å². The minimum Gasteiger partial charge on any atom is -0.449 e. The number of amides is 1. The van der Waals surface area contributed by atoms with Crippen molar-refractivity contribution in [1.29, 1.82) is 0 Å². The summed E-state index contributed by atoms with van der Waals surface area (Å²) in [6.45, 7) is 3.21. The van der Waals surface area contributed by atoms with Crippen LogP contribution in [-0.4, -0.2) is 63.9 Å². The summed E-state index contributed by atoms with van der Waals surface area (Å²) in [6, 6.07) is 3.76. The van der Waals surface area contributed by atoms with Crippen LogP contribution in [0.5, 0.6) is 0 Å². The lowest BCUT2D eigenvalue weighted by Gasteiger charge is -2.29. The molecule has 1 atom stereocenters. The first kappa shape index (κ1) is 18.7. The average molecular weight is 376 g/mol. The van der Waals surface area contributed by atoms with E-state index in [1.807, 2.05) is 0 Å². The highest BCUT2D eigenvalue weighted by molar-refractivity contribution is 7.90. The monoisotopic (exact) mass is 375 g/mol. The fraction of sp³-hybridized carbons (Fsp3) is 0.467. The highest BCUT2D eigenvalue weighted by Gasteiger charge is 2.26. The van der Waals surface area contributed by atoms with Crippen molar-refractivity contribution in [3.8, 4) is 0 Å². The summed E-state index contributed by atoms with van der Waals surface area (Å²) in [4.78, 5) is 26.0. The van der Waals surface area contributed by atoms with Crippen LogP contribution in [-0.2, 0) is 24.1 Å². The first-order valence-corrected chi connectivity index (χ1v) is 9.54. The van der Waals surface area contributed by atoms with Gasteiger partial charge in [0.25, 0.3) is 5.91 Å². The van der Waals surface area contributed by atoms with Crippen LogP contribution < -0.4 is 0 Å². The Morgan fingerprint density at radius 1 is 1.29 bits per heavy atom. The number of ether oxygens (including phenoxy) is 2. The highest BCUT2D eigenvalue weighted by Crippen LogP contribution is 2.22. The van der Waals surface area contributed by atoms with Crippen LogP contribution in [0, 0.1) is 0 Å². The zero-order valence-electron chi connectivity index (χ0n) is 13.3. The Morgan fingerprint density at radius 3 is 2.50 bits per heavy atom. The Hall–Kier alpha value is -1.64. The number of carbonyl (C=O) groups excluding carboxylic acids is 2. The number of morpholine rings is 1. The molecule has 1 heterocycles. The molecule has 7 nitrogen and oxygen atoms in total. The number of rotatable bonds is 4. The van der Waals surface area contributed by atoms with Gasteiger partial charge in [0.1, 0.15) is 0 Å². The number of carbonyl (C=O) groups is 2. The second-order valence-electron chi connectivity index (χ2n) is 5.40. The van der Waals surface area contributed by atoms with Crippen LogP contribution in [0.3, 0.4) is 0 Å². The maximum Gasteiger partial charge on any atom is 0.340 e. The summed E-state index contributed by atoms with van der Waals surface area (Å²) >= 11 is 5.95. The first-order chi connectivity index (χ1) is 11.2. The molecule has 1 saturated heterocycles. The van der Waals surface area contributed by atoms with Gasteiger partial charge in [0.15, 0.2) is 15.9 Å². The third-order valence-corrected chi connectivity index (χ3v) is 4.98. The lowest BCUT2D eigenvalue weighted by molar-refractivity contribution is -0.143. The molecular weight excluding hydrogens is 358 g/mol. The SMILES string of the molecule is CC(OC(=O)c1cc(S(C)(=O)=O)ccc1Cl)C(=O)N1CCOCC1. The van der Waals surface area contributed by atoms with Gasteiger partial charge in [-0.15, -0.1) is 0 Å². The van der Waals surface area contributed by atoms with Crippen LogP contribution in [0.15, 0.2) is 23.1 Å². The third kappa shape index (κ3) is 4.46. The predicted octanol–water partition coefficient (Wildman–Crippen LogP) is 1.15. The maximum absolute atomic E-state index is 12.2. The molecule has 0 spiro atoms. The Bertz CT molecular complexity index is 742. The van der Waals surface area contributed by atoms with E-state index in [9.17, 15) is 18.0 Å². The van der Waals surface area contributed by atoms with Crippen molar-refractivity contribution in [2.24, 2.45) is 0 Å². The zero-order chi connectivity index (χ0) is 17.9. The van der Waals surface area contributed by atoms with Gasteiger partial charge in [-0.3, -0.25) is 4.79 Å². The Labute approximate surface area is 145 Å². The van der Waals surface area contributed by atoms with Crippen molar-refractivity contribution >= 4 is 33.3 Å². The smallest absolute Gasteiger partial charge is 0.340 e. The van der Waals surface area contributed by atoms with Gasteiger partial charge in [0.05, 0.1) is 28.7 Å². The van der Waals surface area contributed by atoms with E-state index >= 15 is 0 Å². The largest absolute Gasteiger partial charge is 0.449 e. The number of benzene rings is 1.